The number of carbonyl (C=O) groups is 2. The Kier molecular flexibility index (Phi) is 5.22. The third-order valence-electron chi connectivity index (χ3n) is 7.76. The van der Waals surface area contributed by atoms with Crippen LogP contribution in [0.25, 0.3) is 11.1 Å². The molecule has 0 saturated carbocycles. The van der Waals surface area contributed by atoms with Gasteiger partial charge in [-0.15, -0.1) is 0 Å². The minimum atomic E-state index is -1.20. The SMILES string of the molecule is CC1(C)Cc2cc3c(cc2O1)OCC31C(=O)N(CC(=O)Nc2ccccc2F)c2cccc(-c3cncnc3)c21. The third kappa shape index (κ3) is 3.57. The van der Waals surface area contributed by atoms with Crippen molar-refractivity contribution < 1.29 is 23.5 Å². The number of para-hydroxylation sites is 1. The summed E-state index contributed by atoms with van der Waals surface area (Å²) in [7, 11) is 0. The number of carbonyl (C=O) groups excluding carboxylic acids is 2. The molecule has 0 saturated heterocycles. The van der Waals surface area contributed by atoms with Crippen molar-refractivity contribution >= 4 is 23.2 Å². The van der Waals surface area contributed by atoms with Crippen LogP contribution in [0.3, 0.4) is 0 Å². The Hall–Kier alpha value is -4.79. The Balaban J connectivity index is 1.37. The van der Waals surface area contributed by atoms with E-state index >= 15 is 0 Å². The molecular weight excluding hydrogens is 511 g/mol. The average molecular weight is 537 g/mol. The van der Waals surface area contributed by atoms with Crippen molar-refractivity contribution in [3.63, 3.8) is 0 Å². The van der Waals surface area contributed by atoms with E-state index in [1.54, 1.807) is 24.5 Å². The zero-order valence-corrected chi connectivity index (χ0v) is 21.9. The standard InChI is InChI=1S/C31H25FN4O4/c1-30(2)12-18-10-21-26(11-25(18)40-30)39-16-31(21)28-20(19-13-33-17-34-14-19)6-5-9-24(28)36(29(31)38)15-27(37)35-23-8-4-3-7-22(23)32/h3-11,13-14,17H,12,15-16H2,1-2H3,(H,35,37). The highest BCUT2D eigenvalue weighted by atomic mass is 19.1. The molecule has 9 heteroatoms. The molecule has 0 aliphatic carbocycles. The van der Waals surface area contributed by atoms with Crippen molar-refractivity contribution in [2.75, 3.05) is 23.4 Å². The van der Waals surface area contributed by atoms with Gasteiger partial charge in [-0.25, -0.2) is 14.4 Å². The lowest BCUT2D eigenvalue weighted by atomic mass is 9.74. The predicted octanol–water partition coefficient (Wildman–Crippen LogP) is 4.66. The number of amides is 2. The van der Waals surface area contributed by atoms with Gasteiger partial charge in [-0.05, 0) is 49.2 Å². The summed E-state index contributed by atoms with van der Waals surface area (Å²) in [6.45, 7) is 3.81. The molecule has 8 nitrogen and oxygen atoms in total. The van der Waals surface area contributed by atoms with Crippen LogP contribution in [0.15, 0.2) is 73.3 Å². The first-order valence-electron chi connectivity index (χ1n) is 13.0. The van der Waals surface area contributed by atoms with Gasteiger partial charge in [-0.3, -0.25) is 9.59 Å². The Labute approximate surface area is 229 Å². The summed E-state index contributed by atoms with van der Waals surface area (Å²) < 4.78 is 26.6. The lowest BCUT2D eigenvalue weighted by Crippen LogP contribution is -2.45. The fourth-order valence-corrected chi connectivity index (χ4v) is 6.12. The van der Waals surface area contributed by atoms with Gasteiger partial charge in [0, 0.05) is 47.3 Å². The summed E-state index contributed by atoms with van der Waals surface area (Å²) in [4.78, 5) is 37.6. The second kappa shape index (κ2) is 8.61. The van der Waals surface area contributed by atoms with Gasteiger partial charge in [-0.1, -0.05) is 24.3 Å². The largest absolute Gasteiger partial charge is 0.491 e. The van der Waals surface area contributed by atoms with E-state index in [4.69, 9.17) is 9.47 Å². The normalized spacial score (nSPS) is 19.6. The average Bonchev–Trinajstić information content (AvgIpc) is 3.54. The van der Waals surface area contributed by atoms with Gasteiger partial charge in [0.15, 0.2) is 0 Å². The number of rotatable bonds is 4. The van der Waals surface area contributed by atoms with Gasteiger partial charge in [0.1, 0.15) is 47.8 Å². The van der Waals surface area contributed by atoms with Gasteiger partial charge in [0.2, 0.25) is 11.8 Å². The number of nitrogens with one attached hydrogen (secondary N) is 1. The molecule has 3 aliphatic heterocycles. The summed E-state index contributed by atoms with van der Waals surface area (Å²) in [5, 5.41) is 2.60. The molecule has 1 atom stereocenters. The molecule has 1 N–H and O–H groups in total. The second-order valence-corrected chi connectivity index (χ2v) is 10.9. The number of anilines is 2. The number of hydrogen-bond donors (Lipinski definition) is 1. The Bertz CT molecular complexity index is 1710. The van der Waals surface area contributed by atoms with Crippen molar-refractivity contribution in [1.29, 1.82) is 0 Å². The van der Waals surface area contributed by atoms with Gasteiger partial charge in [0.05, 0.1) is 5.69 Å². The molecule has 3 aliphatic rings. The monoisotopic (exact) mass is 536 g/mol. The lowest BCUT2D eigenvalue weighted by Gasteiger charge is -2.24. The predicted molar refractivity (Wildman–Crippen MR) is 146 cm³/mol. The summed E-state index contributed by atoms with van der Waals surface area (Å²) in [5.74, 6) is -0.0284. The van der Waals surface area contributed by atoms with Crippen LogP contribution in [-0.4, -0.2) is 40.5 Å². The van der Waals surface area contributed by atoms with Crippen LogP contribution in [0.1, 0.15) is 30.5 Å². The molecule has 1 unspecified atom stereocenters. The van der Waals surface area contributed by atoms with Crippen LogP contribution in [0.5, 0.6) is 11.5 Å². The molecule has 3 aromatic carbocycles. The summed E-state index contributed by atoms with van der Waals surface area (Å²) in [6.07, 6.45) is 5.54. The molecule has 1 aromatic heterocycles. The van der Waals surface area contributed by atoms with Crippen molar-refractivity contribution in [1.82, 2.24) is 9.97 Å². The van der Waals surface area contributed by atoms with E-state index in [0.29, 0.717) is 17.9 Å². The first-order chi connectivity index (χ1) is 19.3. The van der Waals surface area contributed by atoms with Gasteiger partial charge < -0.3 is 19.7 Å². The lowest BCUT2D eigenvalue weighted by molar-refractivity contribution is -0.124. The molecule has 40 heavy (non-hydrogen) atoms. The molecule has 1 spiro atoms. The van der Waals surface area contributed by atoms with Crippen molar-refractivity contribution in [2.24, 2.45) is 0 Å². The van der Waals surface area contributed by atoms with Crippen molar-refractivity contribution in [3.05, 3.63) is 95.8 Å². The van der Waals surface area contributed by atoms with E-state index in [2.05, 4.69) is 15.3 Å². The minimum Gasteiger partial charge on any atom is -0.491 e. The van der Waals surface area contributed by atoms with Crippen LogP contribution in [0.4, 0.5) is 15.8 Å². The molecule has 0 bridgehead atoms. The zero-order valence-electron chi connectivity index (χ0n) is 21.9. The van der Waals surface area contributed by atoms with Crippen molar-refractivity contribution in [3.8, 4) is 22.6 Å². The number of benzene rings is 3. The zero-order chi connectivity index (χ0) is 27.6. The Morgan fingerprint density at radius 3 is 2.67 bits per heavy atom. The first kappa shape index (κ1) is 24.3. The molecule has 4 aromatic rings. The topological polar surface area (TPSA) is 93.7 Å². The molecule has 4 heterocycles. The number of halogens is 1. The number of nitrogens with zero attached hydrogens (tertiary/aromatic N) is 3. The van der Waals surface area contributed by atoms with Crippen molar-refractivity contribution in [2.45, 2.75) is 31.3 Å². The van der Waals surface area contributed by atoms with Crippen LogP contribution < -0.4 is 19.7 Å². The van der Waals surface area contributed by atoms with E-state index in [-0.39, 0.29) is 30.3 Å². The summed E-state index contributed by atoms with van der Waals surface area (Å²) in [6, 6.07) is 15.4. The first-order valence-corrected chi connectivity index (χ1v) is 13.0. The molecule has 0 radical (unpaired) electrons. The van der Waals surface area contributed by atoms with E-state index in [1.165, 1.54) is 23.4 Å². The number of hydrogen-bond acceptors (Lipinski definition) is 6. The molecule has 2 amide bonds. The van der Waals surface area contributed by atoms with Crippen LogP contribution in [0.2, 0.25) is 0 Å². The maximum Gasteiger partial charge on any atom is 0.246 e. The maximum absolute atomic E-state index is 14.5. The van der Waals surface area contributed by atoms with E-state index in [1.807, 2.05) is 44.2 Å². The van der Waals surface area contributed by atoms with Gasteiger partial charge in [0.25, 0.3) is 0 Å². The van der Waals surface area contributed by atoms with E-state index < -0.39 is 17.1 Å². The number of fused-ring (bicyclic) bond motifs is 5. The quantitative estimate of drug-likeness (QED) is 0.408. The van der Waals surface area contributed by atoms with Crippen LogP contribution in [0, 0.1) is 5.82 Å². The minimum absolute atomic E-state index is 0.0528. The second-order valence-electron chi connectivity index (χ2n) is 10.9. The molecule has 0 fully saturated rings. The van der Waals surface area contributed by atoms with Crippen LogP contribution in [-0.2, 0) is 21.4 Å². The van der Waals surface area contributed by atoms with E-state index in [0.717, 1.165) is 33.6 Å². The molecule has 7 rings (SSSR count). The number of ether oxygens (including phenoxy) is 2. The molecular formula is C31H25FN4O4. The molecule has 200 valence electrons. The third-order valence-corrected chi connectivity index (χ3v) is 7.76. The fourth-order valence-electron chi connectivity index (χ4n) is 6.12. The van der Waals surface area contributed by atoms with Crippen LogP contribution >= 0.6 is 0 Å². The number of aromatic nitrogens is 2. The smallest absolute Gasteiger partial charge is 0.246 e. The van der Waals surface area contributed by atoms with Gasteiger partial charge in [-0.2, -0.15) is 0 Å². The summed E-state index contributed by atoms with van der Waals surface area (Å²) >= 11 is 0. The summed E-state index contributed by atoms with van der Waals surface area (Å²) in [5.41, 5.74) is 3.05. The fraction of sp³-hybridized carbons (Fsp3) is 0.226. The van der Waals surface area contributed by atoms with E-state index in [9.17, 15) is 14.0 Å². The highest BCUT2D eigenvalue weighted by Gasteiger charge is 2.58. The van der Waals surface area contributed by atoms with Gasteiger partial charge >= 0.3 is 0 Å². The maximum atomic E-state index is 14.5. The highest BCUT2D eigenvalue weighted by Crippen LogP contribution is 2.56. The highest BCUT2D eigenvalue weighted by molar-refractivity contribution is 6.16. The Morgan fingerprint density at radius 2 is 1.88 bits per heavy atom. The Morgan fingerprint density at radius 1 is 1.07 bits per heavy atom.